The van der Waals surface area contributed by atoms with Crippen molar-refractivity contribution in [2.45, 2.75) is 39.0 Å². The Balaban J connectivity index is 0.00000240. The van der Waals surface area contributed by atoms with Crippen molar-refractivity contribution in [2.24, 2.45) is 0 Å². The molecule has 2 aromatic carbocycles. The highest BCUT2D eigenvalue weighted by Crippen LogP contribution is 2.40. The fourth-order valence-corrected chi connectivity index (χ4v) is 4.18. The van der Waals surface area contributed by atoms with Gasteiger partial charge in [0, 0.05) is 24.0 Å². The molecular formula is C24H31ClN2O2. The van der Waals surface area contributed by atoms with Crippen LogP contribution >= 0.6 is 12.4 Å². The van der Waals surface area contributed by atoms with Crippen LogP contribution in [0.5, 0.6) is 5.75 Å². The molecule has 0 saturated carbocycles. The highest BCUT2D eigenvalue weighted by Gasteiger charge is 2.34. The molecule has 0 atom stereocenters. The average Bonchev–Trinajstić information content (AvgIpc) is 3.00. The van der Waals surface area contributed by atoms with E-state index in [0.717, 1.165) is 31.9 Å². The van der Waals surface area contributed by atoms with Crippen molar-refractivity contribution in [2.75, 3.05) is 27.2 Å². The monoisotopic (exact) mass is 414 g/mol. The van der Waals surface area contributed by atoms with Crippen molar-refractivity contribution in [3.8, 4) is 5.75 Å². The summed E-state index contributed by atoms with van der Waals surface area (Å²) in [7, 11) is 4.24. The highest BCUT2D eigenvalue weighted by molar-refractivity contribution is 5.87. The molecule has 0 spiro atoms. The van der Waals surface area contributed by atoms with Crippen molar-refractivity contribution in [1.29, 1.82) is 0 Å². The van der Waals surface area contributed by atoms with Gasteiger partial charge in [-0.1, -0.05) is 30.3 Å². The molecule has 5 heteroatoms. The van der Waals surface area contributed by atoms with Crippen molar-refractivity contribution in [3.63, 3.8) is 0 Å². The lowest BCUT2D eigenvalue weighted by Gasteiger charge is -2.33. The second-order valence-electron chi connectivity index (χ2n) is 8.34. The summed E-state index contributed by atoms with van der Waals surface area (Å²) in [5, 5.41) is 1.30. The van der Waals surface area contributed by atoms with Gasteiger partial charge < -0.3 is 18.9 Å². The van der Waals surface area contributed by atoms with Crippen LogP contribution in [0.1, 0.15) is 30.7 Å². The zero-order valence-corrected chi connectivity index (χ0v) is 18.6. The zero-order valence-electron chi connectivity index (χ0n) is 17.8. The van der Waals surface area contributed by atoms with Gasteiger partial charge in [0.25, 0.3) is 0 Å². The maximum Gasteiger partial charge on any atom is 0.120 e. The molecule has 2 heterocycles. The van der Waals surface area contributed by atoms with Gasteiger partial charge in [-0.15, -0.1) is 12.4 Å². The van der Waals surface area contributed by atoms with E-state index in [2.05, 4.69) is 67.7 Å². The summed E-state index contributed by atoms with van der Waals surface area (Å²) in [5.74, 6) is 0.924. The molecule has 0 unspecified atom stereocenters. The molecule has 0 fully saturated rings. The van der Waals surface area contributed by atoms with Crippen LogP contribution in [0.3, 0.4) is 0 Å². The molecule has 1 aromatic heterocycles. The largest absolute Gasteiger partial charge is 0.489 e. The molecule has 0 aliphatic carbocycles. The lowest BCUT2D eigenvalue weighted by molar-refractivity contribution is -0.0370. The maximum absolute atomic E-state index is 6.14. The van der Waals surface area contributed by atoms with E-state index in [4.69, 9.17) is 9.47 Å². The second kappa shape index (κ2) is 8.78. The Morgan fingerprint density at radius 3 is 2.59 bits per heavy atom. The van der Waals surface area contributed by atoms with E-state index in [1.54, 1.807) is 0 Å². The molecule has 0 amide bonds. The number of rotatable bonds is 6. The minimum atomic E-state index is -0.274. The summed E-state index contributed by atoms with van der Waals surface area (Å²) in [6.07, 6.45) is 0.951. The number of hydrogen-bond donors (Lipinski definition) is 0. The number of benzene rings is 2. The van der Waals surface area contributed by atoms with E-state index in [1.165, 1.54) is 27.7 Å². The molecule has 1 aliphatic rings. The summed E-state index contributed by atoms with van der Waals surface area (Å²) in [6, 6.07) is 16.8. The number of nitrogens with zero attached hydrogens (tertiary/aromatic N) is 2. The van der Waals surface area contributed by atoms with Gasteiger partial charge in [0.2, 0.25) is 0 Å². The Labute approximate surface area is 179 Å². The first-order valence-corrected chi connectivity index (χ1v) is 10.1. The van der Waals surface area contributed by atoms with Crippen molar-refractivity contribution < 1.29 is 9.47 Å². The molecule has 1 aliphatic heterocycles. The predicted octanol–water partition coefficient (Wildman–Crippen LogP) is 5.01. The second-order valence-corrected chi connectivity index (χ2v) is 8.34. The van der Waals surface area contributed by atoms with Crippen molar-refractivity contribution in [1.82, 2.24) is 9.47 Å². The number of likely N-dealkylation sites (N-methyl/N-ethyl adjacent to an activating group) is 1. The Morgan fingerprint density at radius 1 is 1.10 bits per heavy atom. The molecule has 29 heavy (non-hydrogen) atoms. The van der Waals surface area contributed by atoms with Gasteiger partial charge in [0.1, 0.15) is 18.0 Å². The maximum atomic E-state index is 6.14. The van der Waals surface area contributed by atoms with Gasteiger partial charge in [0.15, 0.2) is 0 Å². The Bertz CT molecular complexity index is 964. The lowest BCUT2D eigenvalue weighted by atomic mass is 9.94. The molecule has 0 saturated heterocycles. The third kappa shape index (κ3) is 4.45. The van der Waals surface area contributed by atoms with E-state index < -0.39 is 0 Å². The highest BCUT2D eigenvalue weighted by atomic mass is 35.5. The number of aromatic nitrogens is 1. The molecule has 156 valence electrons. The summed E-state index contributed by atoms with van der Waals surface area (Å²) >= 11 is 0. The first-order chi connectivity index (χ1) is 13.5. The topological polar surface area (TPSA) is 26.6 Å². The zero-order chi connectivity index (χ0) is 19.7. The van der Waals surface area contributed by atoms with E-state index in [1.807, 2.05) is 18.2 Å². The molecule has 4 nitrogen and oxygen atoms in total. The lowest BCUT2D eigenvalue weighted by Crippen LogP contribution is -2.32. The molecule has 0 N–H and O–H groups in total. The van der Waals surface area contributed by atoms with Crippen molar-refractivity contribution in [3.05, 3.63) is 65.4 Å². The predicted molar refractivity (Wildman–Crippen MR) is 121 cm³/mol. The number of halogens is 1. The summed E-state index contributed by atoms with van der Waals surface area (Å²) in [4.78, 5) is 2.23. The van der Waals surface area contributed by atoms with Crippen LogP contribution in [0.4, 0.5) is 0 Å². The Hall–Kier alpha value is -2.01. The third-order valence-electron chi connectivity index (χ3n) is 5.54. The van der Waals surface area contributed by atoms with E-state index in [-0.39, 0.29) is 18.0 Å². The van der Waals surface area contributed by atoms with Gasteiger partial charge >= 0.3 is 0 Å². The summed E-state index contributed by atoms with van der Waals surface area (Å²) in [5.41, 5.74) is 4.91. The smallest absolute Gasteiger partial charge is 0.120 e. The van der Waals surface area contributed by atoms with Crippen LogP contribution in [-0.4, -0.2) is 36.7 Å². The number of ether oxygens (including phenoxy) is 2. The normalized spacial score (nSPS) is 15.2. The van der Waals surface area contributed by atoms with Crippen LogP contribution in [0.15, 0.2) is 48.5 Å². The fourth-order valence-electron chi connectivity index (χ4n) is 4.18. The quantitative estimate of drug-likeness (QED) is 0.567. The van der Waals surface area contributed by atoms with E-state index in [0.29, 0.717) is 6.61 Å². The van der Waals surface area contributed by atoms with Gasteiger partial charge in [-0.3, -0.25) is 0 Å². The average molecular weight is 415 g/mol. The van der Waals surface area contributed by atoms with Gasteiger partial charge in [-0.25, -0.2) is 0 Å². The number of fused-ring (bicyclic) bond motifs is 3. The molecule has 0 radical (unpaired) electrons. The van der Waals surface area contributed by atoms with Crippen LogP contribution < -0.4 is 4.74 Å². The van der Waals surface area contributed by atoms with E-state index >= 15 is 0 Å². The van der Waals surface area contributed by atoms with Crippen LogP contribution in [0, 0.1) is 0 Å². The molecule has 4 rings (SSSR count). The fraction of sp³-hybridized carbons (Fsp3) is 0.417. The van der Waals surface area contributed by atoms with Crippen LogP contribution in [-0.2, 0) is 29.9 Å². The summed E-state index contributed by atoms with van der Waals surface area (Å²) in [6.45, 7) is 7.67. The Morgan fingerprint density at radius 2 is 1.86 bits per heavy atom. The third-order valence-corrected chi connectivity index (χ3v) is 5.54. The standard InChI is InChI=1S/C24H30N2O2.ClH/c1-24(2)23-20(12-15-28-24)21-16-19(27-17-18-8-6-5-7-9-18)10-11-22(21)26(23)14-13-25(3)4;/h5-11,16H,12-15,17H2,1-4H3;1H. The van der Waals surface area contributed by atoms with Gasteiger partial charge in [0.05, 0.1) is 12.3 Å². The summed E-state index contributed by atoms with van der Waals surface area (Å²) < 4.78 is 14.7. The van der Waals surface area contributed by atoms with Crippen LogP contribution in [0.25, 0.3) is 10.9 Å². The van der Waals surface area contributed by atoms with Gasteiger partial charge in [-0.2, -0.15) is 0 Å². The number of hydrogen-bond acceptors (Lipinski definition) is 3. The minimum absolute atomic E-state index is 0. The first kappa shape index (κ1) is 21.7. The first-order valence-electron chi connectivity index (χ1n) is 10.1. The minimum Gasteiger partial charge on any atom is -0.489 e. The molecule has 3 aromatic rings. The van der Waals surface area contributed by atoms with Crippen LogP contribution in [0.2, 0.25) is 0 Å². The molecule has 0 bridgehead atoms. The van der Waals surface area contributed by atoms with Gasteiger partial charge in [-0.05, 0) is 63.7 Å². The molecular weight excluding hydrogens is 384 g/mol. The van der Waals surface area contributed by atoms with E-state index in [9.17, 15) is 0 Å². The van der Waals surface area contributed by atoms with Crippen molar-refractivity contribution >= 4 is 23.3 Å². The Kier molecular flexibility index (Phi) is 6.57. The SMILES string of the molecule is CN(C)CCn1c2c(c3cc(OCc4ccccc4)ccc31)CCOC2(C)C.Cl.